The van der Waals surface area contributed by atoms with E-state index in [0.29, 0.717) is 5.75 Å². The summed E-state index contributed by atoms with van der Waals surface area (Å²) in [7, 11) is -8.10. The van der Waals surface area contributed by atoms with Crippen molar-refractivity contribution in [3.8, 4) is 22.6 Å². The number of para-hydroxylation sites is 4. The Labute approximate surface area is 337 Å². The Morgan fingerprint density at radius 2 is 1.29 bits per heavy atom. The first kappa shape index (κ1) is 28.0. The zero-order valence-corrected chi connectivity index (χ0v) is 33.6. The molecule has 0 N–H and O–H groups in total. The van der Waals surface area contributed by atoms with E-state index in [2.05, 4.69) is 110 Å². The summed E-state index contributed by atoms with van der Waals surface area (Å²) in [5.74, 6) is 0.632. The van der Waals surface area contributed by atoms with E-state index in [4.69, 9.17) is 17.9 Å². The summed E-state index contributed by atoms with van der Waals surface area (Å²) >= 11 is 1.69. The normalized spacial score (nSPS) is 15.9. The number of aromatic nitrogens is 2. The number of imidazole rings is 1. The Morgan fingerprint density at radius 1 is 0.636 bits per heavy atom. The van der Waals surface area contributed by atoms with Crippen LogP contribution in [0, 0.1) is 0 Å². The van der Waals surface area contributed by atoms with Crippen LogP contribution in [0.4, 0.5) is 0 Å². The van der Waals surface area contributed by atoms with E-state index in [9.17, 15) is 0 Å². The van der Waals surface area contributed by atoms with Gasteiger partial charge in [0.25, 0.3) is 0 Å². The van der Waals surface area contributed by atoms with Crippen molar-refractivity contribution in [3.63, 3.8) is 0 Å². The van der Waals surface area contributed by atoms with Gasteiger partial charge in [-0.25, -0.2) is 4.98 Å². The molecule has 0 radical (unpaired) electrons. The van der Waals surface area contributed by atoms with Gasteiger partial charge in [0, 0.05) is 13.8 Å². The van der Waals surface area contributed by atoms with Gasteiger partial charge in [-0.05, 0) is 71.9 Å². The number of fused-ring (bicyclic) bond motifs is 7. The number of thiazole rings is 1. The Balaban J connectivity index is 1.31. The summed E-state index contributed by atoms with van der Waals surface area (Å²) in [4.78, 5) is 6.22. The average molecular weight is 769 g/mol. The summed E-state index contributed by atoms with van der Waals surface area (Å²) < 4.78 is 65.1. The van der Waals surface area contributed by atoms with Crippen LogP contribution in [0.5, 0.6) is 11.5 Å². The van der Waals surface area contributed by atoms with Crippen LogP contribution in [-0.4, -0.2) is 25.5 Å². The topological polar surface area (TPSA) is 26.5 Å². The first-order valence-corrected chi connectivity index (χ1v) is 23.5. The lowest BCUT2D eigenvalue weighted by Gasteiger charge is -2.40. The van der Waals surface area contributed by atoms with Crippen molar-refractivity contribution in [2.24, 2.45) is 0 Å². The van der Waals surface area contributed by atoms with Crippen molar-refractivity contribution >= 4 is 84.8 Å². The molecule has 0 saturated carbocycles. The fraction of sp³-hybridized carbons (Fsp3) is 0.122. The summed E-state index contributed by atoms with van der Waals surface area (Å²) in [5, 5.41) is 4.53. The highest BCUT2D eigenvalue weighted by atomic mass is 32.1. The molecule has 0 fully saturated rings. The molecule has 1 aliphatic heterocycles. The van der Waals surface area contributed by atoms with E-state index >= 15 is 0 Å². The van der Waals surface area contributed by atoms with Crippen molar-refractivity contribution in [1.29, 1.82) is 0 Å². The van der Waals surface area contributed by atoms with Crippen LogP contribution < -0.4 is 35.9 Å². The number of ether oxygens (including phenoxy) is 1. The zero-order valence-electron chi connectivity index (χ0n) is 36.8. The van der Waals surface area contributed by atoms with Crippen LogP contribution in [0.3, 0.4) is 0 Å². The lowest BCUT2D eigenvalue weighted by atomic mass is 9.81. The predicted octanol–water partition coefficient (Wildman–Crippen LogP) is 8.97. The molecule has 10 rings (SSSR count). The summed E-state index contributed by atoms with van der Waals surface area (Å²) in [5.41, 5.74) is 6.05. The smallest absolute Gasteiger partial charge is 0.195 e. The molecular weight excluding hydrogens is 721 g/mol. The van der Waals surface area contributed by atoms with Gasteiger partial charge in [-0.15, -0.1) is 0 Å². The van der Waals surface area contributed by atoms with Gasteiger partial charge in [-0.2, -0.15) is 0 Å². The molecule has 0 bridgehead atoms. The van der Waals surface area contributed by atoms with Crippen LogP contribution in [0.25, 0.3) is 37.3 Å². The molecule has 0 aliphatic carbocycles. The molecule has 9 aromatic rings. The second-order valence-corrected chi connectivity index (χ2v) is 22.9. The Morgan fingerprint density at radius 3 is 2.04 bits per heavy atom. The molecule has 0 unspecified atom stereocenters. The summed E-state index contributed by atoms with van der Waals surface area (Å²) in [6.45, 7) is 1.05. The van der Waals surface area contributed by atoms with E-state index in [0.717, 1.165) is 58.9 Å². The first-order valence-electron chi connectivity index (χ1n) is 21.6. The SMILES string of the molecule is [2H]C([2H])([2H])[Si]1(C([2H])([2H])[2H])c2ccccc2Oc2c([Si](c3ccccc3)(c3ccccc3)c3ccc(-c4cccc5c4nc4sc6ccccc6n45)c(C(C)(C)C)c3)cccc21. The van der Waals surface area contributed by atoms with Gasteiger partial charge in [-0.3, -0.25) is 4.40 Å². The highest BCUT2D eigenvalue weighted by Gasteiger charge is 2.47. The third-order valence-electron chi connectivity index (χ3n) is 11.3. The van der Waals surface area contributed by atoms with Crippen LogP contribution in [-0.2, 0) is 5.41 Å². The van der Waals surface area contributed by atoms with Crippen molar-refractivity contribution in [1.82, 2.24) is 9.38 Å². The van der Waals surface area contributed by atoms with E-state index in [-0.39, 0.29) is 21.5 Å². The number of benzene rings is 7. The number of nitrogens with zero attached hydrogens (tertiary/aromatic N) is 2. The van der Waals surface area contributed by atoms with Crippen LogP contribution in [0.15, 0.2) is 164 Å². The van der Waals surface area contributed by atoms with Gasteiger partial charge in [0.2, 0.25) is 0 Å². The molecule has 0 atom stereocenters. The molecule has 3 nitrogen and oxygen atoms in total. The van der Waals surface area contributed by atoms with Gasteiger partial charge in [-0.1, -0.05) is 185 Å². The van der Waals surface area contributed by atoms with E-state index < -0.39 is 29.1 Å². The Kier molecular flexibility index (Phi) is 6.35. The largest absolute Gasteiger partial charge is 0.458 e. The molecular formula is C49H42N2OSSi2. The van der Waals surface area contributed by atoms with Crippen molar-refractivity contribution in [3.05, 3.63) is 169 Å². The molecule has 2 aromatic heterocycles. The summed E-state index contributed by atoms with van der Waals surface area (Å²) in [6, 6.07) is 54.9. The lowest BCUT2D eigenvalue weighted by Crippen LogP contribution is -2.76. The molecule has 1 aliphatic rings. The minimum Gasteiger partial charge on any atom is -0.458 e. The fourth-order valence-corrected chi connectivity index (χ4v) is 16.8. The molecule has 0 spiro atoms. The van der Waals surface area contributed by atoms with E-state index in [1.807, 2.05) is 48.5 Å². The van der Waals surface area contributed by atoms with E-state index in [1.54, 1.807) is 41.7 Å². The van der Waals surface area contributed by atoms with Gasteiger partial charge in [0.05, 0.1) is 21.3 Å². The van der Waals surface area contributed by atoms with Gasteiger partial charge >= 0.3 is 0 Å². The third kappa shape index (κ3) is 5.08. The standard InChI is InChI=1S/C49H42N2OSSi2/c1-49(2,3)38-32-35(30-31-36(38)37-22-16-24-40-46(37)50-48-51(40)39-23-12-14-26-42(39)53-48)55(33-18-8-6-9-19-33,34-20-10-7-11-21-34)45-29-17-28-44-47(45)52-41-25-13-15-27-43(41)54(44,4)5/h6-32H,1-5H3/i4D3,5D3. The maximum atomic E-state index is 9.12. The van der Waals surface area contributed by atoms with Crippen LogP contribution in [0.2, 0.25) is 13.0 Å². The third-order valence-corrected chi connectivity index (χ3v) is 19.5. The second kappa shape index (κ2) is 12.5. The zero-order chi connectivity index (χ0) is 42.5. The first-order chi connectivity index (χ1) is 29.2. The number of hydrogen-bond acceptors (Lipinski definition) is 3. The van der Waals surface area contributed by atoms with Crippen LogP contribution in [0.1, 0.15) is 34.6 Å². The van der Waals surface area contributed by atoms with Crippen LogP contribution >= 0.6 is 11.3 Å². The fourth-order valence-electron chi connectivity index (χ4n) is 8.76. The Hall–Kier alpha value is -5.54. The van der Waals surface area contributed by atoms with Gasteiger partial charge in [0.1, 0.15) is 19.6 Å². The quantitative estimate of drug-likeness (QED) is 0.129. The van der Waals surface area contributed by atoms with Crippen molar-refractivity contribution in [2.45, 2.75) is 39.1 Å². The average Bonchev–Trinajstić information content (AvgIpc) is 3.79. The Bertz CT molecular complexity index is 3100. The van der Waals surface area contributed by atoms with Gasteiger partial charge in [0.15, 0.2) is 13.0 Å². The minimum atomic E-state index is -4.60. The number of hydrogen-bond donors (Lipinski definition) is 0. The molecule has 55 heavy (non-hydrogen) atoms. The molecule has 268 valence electrons. The van der Waals surface area contributed by atoms with Crippen molar-refractivity contribution in [2.75, 3.05) is 0 Å². The van der Waals surface area contributed by atoms with Crippen molar-refractivity contribution < 1.29 is 13.0 Å². The van der Waals surface area contributed by atoms with Gasteiger partial charge < -0.3 is 4.74 Å². The molecule has 7 aromatic carbocycles. The minimum absolute atomic E-state index is 0.270. The maximum Gasteiger partial charge on any atom is 0.195 e. The highest BCUT2D eigenvalue weighted by Crippen LogP contribution is 2.39. The lowest BCUT2D eigenvalue weighted by molar-refractivity contribution is 0.490. The molecule has 0 amide bonds. The van der Waals surface area contributed by atoms with E-state index in [1.165, 1.54) is 4.70 Å². The maximum absolute atomic E-state index is 9.12. The second-order valence-electron chi connectivity index (χ2n) is 15.5. The highest BCUT2D eigenvalue weighted by molar-refractivity contribution is 7.23. The molecule has 3 heterocycles. The predicted molar refractivity (Wildman–Crippen MR) is 239 cm³/mol. The number of rotatable bonds is 5. The monoisotopic (exact) mass is 768 g/mol. The molecule has 0 saturated heterocycles. The summed E-state index contributed by atoms with van der Waals surface area (Å²) in [6.07, 6.45) is 0. The molecule has 6 heteroatoms.